The summed E-state index contributed by atoms with van der Waals surface area (Å²) in [5.41, 5.74) is 0.759. The molecule has 146 valence electrons. The molecule has 5 nitrogen and oxygen atoms in total. The highest BCUT2D eigenvalue weighted by Crippen LogP contribution is 2.30. The van der Waals surface area contributed by atoms with Gasteiger partial charge in [0, 0.05) is 11.5 Å². The molecule has 2 aliphatic rings. The van der Waals surface area contributed by atoms with Gasteiger partial charge in [-0.05, 0) is 18.6 Å². The zero-order valence-corrected chi connectivity index (χ0v) is 14.9. The predicted octanol–water partition coefficient (Wildman–Crippen LogP) is 4.13. The number of halogens is 2. The SMILES string of the molecule is CCCCC1COC(C2COC(c3ccc(OC(F)F)cc3)OC2)OC1. The second-order valence-electron chi connectivity index (χ2n) is 6.75. The molecule has 0 atom stereocenters. The molecule has 2 fully saturated rings. The first-order valence-electron chi connectivity index (χ1n) is 9.17. The fraction of sp³-hybridized carbons (Fsp3) is 0.684. The summed E-state index contributed by atoms with van der Waals surface area (Å²) in [6, 6.07) is 6.28. The third-order valence-electron chi connectivity index (χ3n) is 4.64. The summed E-state index contributed by atoms with van der Waals surface area (Å²) in [5, 5.41) is 0. The quantitative estimate of drug-likeness (QED) is 0.720. The van der Waals surface area contributed by atoms with E-state index in [1.54, 1.807) is 12.1 Å². The maximum absolute atomic E-state index is 12.2. The molecule has 0 saturated carbocycles. The Labute approximate surface area is 152 Å². The second kappa shape index (κ2) is 9.60. The van der Waals surface area contributed by atoms with E-state index in [0.717, 1.165) is 25.2 Å². The molecule has 2 aliphatic heterocycles. The molecular weight excluding hydrogens is 346 g/mol. The lowest BCUT2D eigenvalue weighted by Gasteiger charge is -2.37. The van der Waals surface area contributed by atoms with Gasteiger partial charge >= 0.3 is 6.61 Å². The summed E-state index contributed by atoms with van der Waals surface area (Å²) < 4.78 is 52.0. The first-order valence-corrected chi connectivity index (χ1v) is 9.17. The van der Waals surface area contributed by atoms with Crippen LogP contribution in [-0.2, 0) is 18.9 Å². The fourth-order valence-electron chi connectivity index (χ4n) is 3.16. The number of benzene rings is 1. The average Bonchev–Trinajstić information content (AvgIpc) is 2.67. The summed E-state index contributed by atoms with van der Waals surface area (Å²) in [7, 11) is 0. The van der Waals surface area contributed by atoms with Gasteiger partial charge in [-0.3, -0.25) is 0 Å². The first kappa shape index (κ1) is 19.5. The molecule has 2 heterocycles. The van der Waals surface area contributed by atoms with Crippen molar-refractivity contribution in [1.29, 1.82) is 0 Å². The van der Waals surface area contributed by atoms with Crippen LogP contribution >= 0.6 is 0 Å². The minimum absolute atomic E-state index is 0.0276. The third kappa shape index (κ3) is 5.36. The monoisotopic (exact) mass is 372 g/mol. The Bertz CT molecular complexity index is 523. The van der Waals surface area contributed by atoms with E-state index < -0.39 is 12.9 Å². The molecule has 0 radical (unpaired) electrons. The van der Waals surface area contributed by atoms with Crippen molar-refractivity contribution in [1.82, 2.24) is 0 Å². The Morgan fingerprint density at radius 3 is 2.23 bits per heavy atom. The summed E-state index contributed by atoms with van der Waals surface area (Å²) >= 11 is 0. The minimum Gasteiger partial charge on any atom is -0.435 e. The molecule has 2 saturated heterocycles. The van der Waals surface area contributed by atoms with Crippen molar-refractivity contribution in [3.05, 3.63) is 29.8 Å². The lowest BCUT2D eigenvalue weighted by atomic mass is 10.0. The van der Waals surface area contributed by atoms with E-state index in [9.17, 15) is 8.78 Å². The maximum atomic E-state index is 12.2. The molecule has 1 aromatic carbocycles. The van der Waals surface area contributed by atoms with Crippen LogP contribution in [0.1, 0.15) is 38.0 Å². The van der Waals surface area contributed by atoms with Crippen LogP contribution in [0.2, 0.25) is 0 Å². The van der Waals surface area contributed by atoms with Crippen molar-refractivity contribution in [2.24, 2.45) is 11.8 Å². The van der Waals surface area contributed by atoms with Crippen molar-refractivity contribution in [2.75, 3.05) is 26.4 Å². The molecule has 0 bridgehead atoms. The standard InChI is InChI=1S/C19H26F2O5/c1-2-3-4-13-9-22-18(23-10-13)15-11-24-17(25-12-15)14-5-7-16(8-6-14)26-19(20)21/h5-8,13,15,17-19H,2-4,9-12H2,1H3. The van der Waals surface area contributed by atoms with Gasteiger partial charge in [0.2, 0.25) is 0 Å². The van der Waals surface area contributed by atoms with Gasteiger partial charge in [-0.15, -0.1) is 0 Å². The van der Waals surface area contributed by atoms with E-state index in [4.69, 9.17) is 18.9 Å². The molecular formula is C19H26F2O5. The molecule has 3 rings (SSSR count). The number of ether oxygens (including phenoxy) is 5. The van der Waals surface area contributed by atoms with E-state index >= 15 is 0 Å². The Morgan fingerprint density at radius 1 is 1.00 bits per heavy atom. The molecule has 0 amide bonds. The first-order chi connectivity index (χ1) is 12.7. The number of rotatable bonds is 7. The Balaban J connectivity index is 1.43. The fourth-order valence-corrected chi connectivity index (χ4v) is 3.16. The Kier molecular flexibility index (Phi) is 7.19. The zero-order valence-electron chi connectivity index (χ0n) is 14.9. The Morgan fingerprint density at radius 2 is 1.65 bits per heavy atom. The van der Waals surface area contributed by atoms with Crippen molar-refractivity contribution in [2.45, 2.75) is 45.4 Å². The highest BCUT2D eigenvalue weighted by atomic mass is 19.3. The topological polar surface area (TPSA) is 46.2 Å². The summed E-state index contributed by atoms with van der Waals surface area (Å²) in [6.45, 7) is 1.71. The molecule has 0 aromatic heterocycles. The van der Waals surface area contributed by atoms with Gasteiger partial charge in [0.1, 0.15) is 5.75 Å². The summed E-state index contributed by atoms with van der Waals surface area (Å²) in [5.74, 6) is 0.609. The molecule has 26 heavy (non-hydrogen) atoms. The van der Waals surface area contributed by atoms with Gasteiger partial charge in [-0.2, -0.15) is 8.78 Å². The molecule has 0 spiro atoms. The second-order valence-corrected chi connectivity index (χ2v) is 6.75. The highest BCUT2D eigenvalue weighted by Gasteiger charge is 2.34. The van der Waals surface area contributed by atoms with Gasteiger partial charge in [0.25, 0.3) is 0 Å². The van der Waals surface area contributed by atoms with E-state index in [-0.39, 0.29) is 18.0 Å². The van der Waals surface area contributed by atoms with Crippen LogP contribution in [0.15, 0.2) is 24.3 Å². The van der Waals surface area contributed by atoms with Crippen LogP contribution in [0.5, 0.6) is 5.75 Å². The number of hydrogen-bond acceptors (Lipinski definition) is 5. The van der Waals surface area contributed by atoms with Crippen molar-refractivity contribution in [3.8, 4) is 5.75 Å². The molecule has 7 heteroatoms. The summed E-state index contributed by atoms with van der Waals surface area (Å²) in [6.07, 6.45) is 2.69. The van der Waals surface area contributed by atoms with Gasteiger partial charge < -0.3 is 23.7 Å². The zero-order chi connectivity index (χ0) is 18.4. The van der Waals surface area contributed by atoms with Crippen LogP contribution in [0.3, 0.4) is 0 Å². The number of alkyl halides is 2. The smallest absolute Gasteiger partial charge is 0.387 e. The number of hydrogen-bond donors (Lipinski definition) is 0. The van der Waals surface area contributed by atoms with Crippen LogP contribution in [0.4, 0.5) is 8.78 Å². The van der Waals surface area contributed by atoms with Crippen molar-refractivity contribution in [3.63, 3.8) is 0 Å². The van der Waals surface area contributed by atoms with E-state index in [0.29, 0.717) is 19.1 Å². The molecule has 0 aliphatic carbocycles. The van der Waals surface area contributed by atoms with Gasteiger partial charge in [-0.25, -0.2) is 0 Å². The Hall–Kier alpha value is -1.28. The van der Waals surface area contributed by atoms with E-state index in [1.807, 2.05) is 0 Å². The lowest BCUT2D eigenvalue weighted by molar-refractivity contribution is -0.283. The van der Waals surface area contributed by atoms with Crippen molar-refractivity contribution < 1.29 is 32.5 Å². The highest BCUT2D eigenvalue weighted by molar-refractivity contribution is 5.28. The van der Waals surface area contributed by atoms with Crippen LogP contribution in [0.25, 0.3) is 0 Å². The van der Waals surface area contributed by atoms with Crippen LogP contribution < -0.4 is 4.74 Å². The normalized spacial score (nSPS) is 29.7. The van der Waals surface area contributed by atoms with Crippen LogP contribution in [-0.4, -0.2) is 39.3 Å². The minimum atomic E-state index is -2.83. The van der Waals surface area contributed by atoms with E-state index in [1.165, 1.54) is 25.0 Å². The number of unbranched alkanes of at least 4 members (excludes halogenated alkanes) is 1. The van der Waals surface area contributed by atoms with E-state index in [2.05, 4.69) is 11.7 Å². The third-order valence-corrected chi connectivity index (χ3v) is 4.64. The maximum Gasteiger partial charge on any atom is 0.387 e. The van der Waals surface area contributed by atoms with Gasteiger partial charge in [-0.1, -0.05) is 31.9 Å². The molecule has 0 N–H and O–H groups in total. The van der Waals surface area contributed by atoms with Crippen LogP contribution in [0, 0.1) is 11.8 Å². The predicted molar refractivity (Wildman–Crippen MR) is 89.9 cm³/mol. The van der Waals surface area contributed by atoms with Gasteiger partial charge in [0.05, 0.1) is 32.3 Å². The lowest BCUT2D eigenvalue weighted by Crippen LogP contribution is -2.43. The van der Waals surface area contributed by atoms with Crippen molar-refractivity contribution >= 4 is 0 Å². The molecule has 0 unspecified atom stereocenters. The largest absolute Gasteiger partial charge is 0.435 e. The molecule has 1 aromatic rings. The van der Waals surface area contributed by atoms with Gasteiger partial charge in [0.15, 0.2) is 12.6 Å². The average molecular weight is 372 g/mol. The summed E-state index contributed by atoms with van der Waals surface area (Å²) in [4.78, 5) is 0.